The fraction of sp³-hybridized carbons (Fsp3) is 0.943. The number of carbonyl (C=O) groups is 2. The van der Waals surface area contributed by atoms with E-state index in [9.17, 15) is 91.3 Å². The molecular formula is C35H63N3O26. The summed E-state index contributed by atoms with van der Waals surface area (Å²) in [6.45, 7) is -5.57. The Labute approximate surface area is 364 Å². The molecule has 4 aliphatic rings. The second-order valence-corrected chi connectivity index (χ2v) is 15.7. The first kappa shape index (κ1) is 54.5. The number of aliphatic hydroxyl groups is 16. The molecule has 0 aliphatic carbocycles. The Kier molecular flexibility index (Phi) is 21.6. The average molecular weight is 942 g/mol. The molecule has 4 rings (SSSR count). The SMILES string of the molecule is N[C@@H](CCC(=O)NC(CO[C@@H]1O[C@H](CO)[C@H](O)[C@H](O)[C@H]1O)CO[C@@H]1O[C@H](CO)[C@H](O)[C@H](O)[C@H]1O)C(=O)NC(CO[C@@H]1O[C@H](CO)[C@H](O)[C@H](O)[C@H]1O)CO[C@@H]1O[C@H](CO)[C@H](O)[C@H](O)[C@H]1O. The summed E-state index contributed by atoms with van der Waals surface area (Å²) >= 11 is 0. The van der Waals surface area contributed by atoms with E-state index in [0.29, 0.717) is 0 Å². The van der Waals surface area contributed by atoms with Crippen LogP contribution in [0.3, 0.4) is 0 Å². The van der Waals surface area contributed by atoms with Gasteiger partial charge in [0.05, 0.1) is 71.0 Å². The zero-order valence-electron chi connectivity index (χ0n) is 34.2. The molecule has 0 spiro atoms. The predicted octanol–water partition coefficient (Wildman–Crippen LogP) is -12.7. The van der Waals surface area contributed by atoms with Crippen LogP contribution in [0.5, 0.6) is 0 Å². The van der Waals surface area contributed by atoms with Crippen molar-refractivity contribution >= 4 is 11.8 Å². The summed E-state index contributed by atoms with van der Waals surface area (Å²) < 4.78 is 43.4. The fourth-order valence-corrected chi connectivity index (χ4v) is 6.95. The van der Waals surface area contributed by atoms with Crippen molar-refractivity contribution in [3.8, 4) is 0 Å². The summed E-state index contributed by atoms with van der Waals surface area (Å²) in [5, 5.41) is 166. The summed E-state index contributed by atoms with van der Waals surface area (Å²) in [4.78, 5) is 26.6. The molecule has 4 fully saturated rings. The summed E-state index contributed by atoms with van der Waals surface area (Å²) in [6.07, 6.45) is -34.5. The molecule has 2 amide bonds. The van der Waals surface area contributed by atoms with Crippen LogP contribution in [0.4, 0.5) is 0 Å². The molecule has 4 heterocycles. The number of nitrogens with two attached hydrogens (primary N) is 1. The van der Waals surface area contributed by atoms with Crippen molar-refractivity contribution < 1.29 is 129 Å². The van der Waals surface area contributed by atoms with E-state index in [2.05, 4.69) is 10.6 Å². The molecule has 29 heteroatoms. The van der Waals surface area contributed by atoms with Gasteiger partial charge in [-0.1, -0.05) is 0 Å². The lowest BCUT2D eigenvalue weighted by atomic mass is 9.99. The van der Waals surface area contributed by atoms with Crippen molar-refractivity contribution in [1.29, 1.82) is 0 Å². The zero-order valence-corrected chi connectivity index (χ0v) is 34.2. The Balaban J connectivity index is 1.40. The molecule has 0 aromatic heterocycles. The van der Waals surface area contributed by atoms with E-state index >= 15 is 0 Å². The van der Waals surface area contributed by atoms with Gasteiger partial charge in [-0.15, -0.1) is 0 Å². The van der Waals surface area contributed by atoms with E-state index in [4.69, 9.17) is 43.6 Å². The van der Waals surface area contributed by atoms with E-state index in [1.54, 1.807) is 0 Å². The third kappa shape index (κ3) is 13.8. The zero-order chi connectivity index (χ0) is 47.6. The van der Waals surface area contributed by atoms with Crippen LogP contribution in [0.2, 0.25) is 0 Å². The Bertz CT molecular complexity index is 1330. The molecule has 0 aromatic rings. The van der Waals surface area contributed by atoms with Crippen LogP contribution < -0.4 is 16.4 Å². The van der Waals surface area contributed by atoms with Crippen LogP contribution in [0.1, 0.15) is 12.8 Å². The van der Waals surface area contributed by atoms with Gasteiger partial charge in [0.25, 0.3) is 0 Å². The second kappa shape index (κ2) is 25.3. The Morgan fingerprint density at radius 2 is 0.703 bits per heavy atom. The van der Waals surface area contributed by atoms with Gasteiger partial charge in [-0.2, -0.15) is 0 Å². The third-order valence-electron chi connectivity index (χ3n) is 11.0. The highest BCUT2D eigenvalue weighted by Crippen LogP contribution is 2.26. The highest BCUT2D eigenvalue weighted by Gasteiger charge is 2.48. The molecule has 0 aromatic carbocycles. The Hall–Kier alpha value is -2.06. The van der Waals surface area contributed by atoms with E-state index in [1.165, 1.54) is 0 Å². The van der Waals surface area contributed by atoms with Crippen LogP contribution in [-0.4, -0.2) is 287 Å². The fourth-order valence-electron chi connectivity index (χ4n) is 6.95. The second-order valence-electron chi connectivity index (χ2n) is 15.7. The van der Waals surface area contributed by atoms with Gasteiger partial charge < -0.3 is 136 Å². The van der Waals surface area contributed by atoms with Crippen LogP contribution in [0, 0.1) is 0 Å². The quantitative estimate of drug-likeness (QED) is 0.0479. The number of amides is 2. The minimum atomic E-state index is -1.85. The lowest BCUT2D eigenvalue weighted by Gasteiger charge is -2.41. The molecule has 21 atom stereocenters. The van der Waals surface area contributed by atoms with Crippen LogP contribution in [-0.2, 0) is 47.5 Å². The van der Waals surface area contributed by atoms with Gasteiger partial charge >= 0.3 is 0 Å². The van der Waals surface area contributed by atoms with E-state index in [1.807, 2.05) is 0 Å². The maximum atomic E-state index is 13.3. The highest BCUT2D eigenvalue weighted by molar-refractivity contribution is 5.83. The molecule has 0 bridgehead atoms. The highest BCUT2D eigenvalue weighted by atomic mass is 16.7. The van der Waals surface area contributed by atoms with Gasteiger partial charge in [0.2, 0.25) is 11.8 Å². The lowest BCUT2D eigenvalue weighted by molar-refractivity contribution is -0.309. The van der Waals surface area contributed by atoms with Crippen LogP contribution in [0.15, 0.2) is 0 Å². The molecule has 374 valence electrons. The standard InChI is InChI=1S/C35H63N3O26/c36-13(31(56)38-12(9-59-34-29(54)25(50)21(46)16(5-41)63-34)10-60-35-30(55)26(51)22(47)17(6-42)64-35)1-2-18(43)37-11(7-57-32-27(52)23(48)19(44)14(3-39)61-32)8-58-33-28(53)24(49)20(45)15(4-40)62-33/h11-17,19-30,32-35,39-42,44-55H,1-10,36H2,(H,37,43)(H,38,56)/t13-,14+,15+,16+,17+,19-,20-,21-,22-,23-,24-,25-,26-,27+,28+,29+,30+,32+,33+,34+,35+/m0/s1. The third-order valence-corrected chi connectivity index (χ3v) is 11.0. The topological polar surface area (TPSA) is 482 Å². The van der Waals surface area contributed by atoms with Gasteiger partial charge in [0.1, 0.15) is 97.7 Å². The van der Waals surface area contributed by atoms with Gasteiger partial charge in [-0.25, -0.2) is 0 Å². The molecule has 4 saturated heterocycles. The maximum absolute atomic E-state index is 13.3. The van der Waals surface area contributed by atoms with Crippen molar-refractivity contribution in [2.75, 3.05) is 52.9 Å². The van der Waals surface area contributed by atoms with Crippen LogP contribution >= 0.6 is 0 Å². The van der Waals surface area contributed by atoms with Crippen molar-refractivity contribution in [2.45, 2.75) is 154 Å². The number of hydrogen-bond acceptors (Lipinski definition) is 27. The smallest absolute Gasteiger partial charge is 0.237 e. The number of nitrogens with one attached hydrogen (secondary N) is 2. The van der Waals surface area contributed by atoms with Gasteiger partial charge in [-0.05, 0) is 6.42 Å². The van der Waals surface area contributed by atoms with E-state index in [0.717, 1.165) is 0 Å². The number of carbonyl (C=O) groups excluding carboxylic acids is 2. The van der Waals surface area contributed by atoms with Crippen molar-refractivity contribution in [2.24, 2.45) is 5.73 Å². The minimum absolute atomic E-state index is 0.376. The molecule has 4 aliphatic heterocycles. The number of rotatable bonds is 22. The average Bonchev–Trinajstić information content (AvgIpc) is 3.28. The first-order chi connectivity index (χ1) is 30.3. The first-order valence-corrected chi connectivity index (χ1v) is 20.3. The summed E-state index contributed by atoms with van der Waals surface area (Å²) in [6, 6.07) is -4.02. The molecule has 29 nitrogen and oxygen atoms in total. The predicted molar refractivity (Wildman–Crippen MR) is 200 cm³/mol. The molecule has 0 radical (unpaired) electrons. The Morgan fingerprint density at radius 3 is 0.969 bits per heavy atom. The number of ether oxygens (including phenoxy) is 8. The number of aliphatic hydroxyl groups excluding tert-OH is 16. The van der Waals surface area contributed by atoms with Gasteiger partial charge in [0, 0.05) is 6.42 Å². The maximum Gasteiger partial charge on any atom is 0.237 e. The minimum Gasteiger partial charge on any atom is -0.394 e. The molecule has 20 N–H and O–H groups in total. The van der Waals surface area contributed by atoms with E-state index in [-0.39, 0.29) is 6.42 Å². The van der Waals surface area contributed by atoms with Crippen molar-refractivity contribution in [3.05, 3.63) is 0 Å². The van der Waals surface area contributed by atoms with E-state index < -0.39 is 212 Å². The lowest BCUT2D eigenvalue weighted by Crippen LogP contribution is -2.60. The summed E-state index contributed by atoms with van der Waals surface area (Å²) in [7, 11) is 0. The van der Waals surface area contributed by atoms with Crippen molar-refractivity contribution in [3.63, 3.8) is 0 Å². The molecule has 64 heavy (non-hydrogen) atoms. The Morgan fingerprint density at radius 1 is 0.438 bits per heavy atom. The largest absolute Gasteiger partial charge is 0.394 e. The van der Waals surface area contributed by atoms with Gasteiger partial charge in [-0.3, -0.25) is 9.59 Å². The van der Waals surface area contributed by atoms with Gasteiger partial charge in [0.15, 0.2) is 25.2 Å². The van der Waals surface area contributed by atoms with Crippen molar-refractivity contribution in [1.82, 2.24) is 10.6 Å². The summed E-state index contributed by atoms with van der Waals surface area (Å²) in [5.41, 5.74) is 6.10. The molecule has 0 unspecified atom stereocenters. The monoisotopic (exact) mass is 941 g/mol. The molecule has 0 saturated carbocycles. The first-order valence-electron chi connectivity index (χ1n) is 20.3. The summed E-state index contributed by atoms with van der Waals surface area (Å²) in [5.74, 6) is -1.75. The normalized spacial score (nSPS) is 41.2. The number of hydrogen-bond donors (Lipinski definition) is 19. The molecular weight excluding hydrogens is 878 g/mol. The van der Waals surface area contributed by atoms with Crippen LogP contribution in [0.25, 0.3) is 0 Å².